The predicted octanol–water partition coefficient (Wildman–Crippen LogP) is 2.67. The fourth-order valence-corrected chi connectivity index (χ4v) is 3.27. The number of carbonyl (C=O) groups is 1. The minimum Gasteiger partial charge on any atom is -0.456 e. The Bertz CT molecular complexity index is 581. The maximum atomic E-state index is 12.3. The first kappa shape index (κ1) is 17.7. The van der Waals surface area contributed by atoms with E-state index in [9.17, 15) is 13.2 Å². The maximum Gasteiger partial charge on any atom is 0.338 e. The lowest BCUT2D eigenvalue weighted by Crippen LogP contribution is -2.30. The van der Waals surface area contributed by atoms with Gasteiger partial charge in [-0.2, -0.15) is 4.31 Å². The van der Waals surface area contributed by atoms with Crippen molar-refractivity contribution in [1.82, 2.24) is 4.31 Å². The average Bonchev–Trinajstić information content (AvgIpc) is 2.38. The van der Waals surface area contributed by atoms with E-state index in [4.69, 9.17) is 4.74 Å². The predicted molar refractivity (Wildman–Crippen MR) is 81.7 cm³/mol. The quantitative estimate of drug-likeness (QED) is 0.784. The Balaban J connectivity index is 3.00. The summed E-state index contributed by atoms with van der Waals surface area (Å²) in [6.07, 6.45) is 0. The number of ether oxygens (including phenoxy) is 1. The van der Waals surface area contributed by atoms with Crippen molar-refractivity contribution in [2.45, 2.75) is 45.1 Å². The smallest absolute Gasteiger partial charge is 0.338 e. The van der Waals surface area contributed by atoms with E-state index in [0.717, 1.165) is 0 Å². The standard InChI is InChI=1S/C15H23NO4S/c1-6-16(7-2)21(18,19)13-10-8-12(9-11-13)14(17)20-15(3,4)5/h8-11H,6-7H2,1-5H3. The summed E-state index contributed by atoms with van der Waals surface area (Å²) in [4.78, 5) is 12.1. The van der Waals surface area contributed by atoms with Crippen LogP contribution >= 0.6 is 0 Å². The minimum absolute atomic E-state index is 0.179. The Labute approximate surface area is 127 Å². The second-order valence-electron chi connectivity index (χ2n) is 5.62. The molecule has 0 unspecified atom stereocenters. The molecule has 1 aromatic carbocycles. The molecule has 0 aliphatic heterocycles. The molecule has 1 aromatic rings. The zero-order chi connectivity index (χ0) is 16.3. The van der Waals surface area contributed by atoms with E-state index in [2.05, 4.69) is 0 Å². The van der Waals surface area contributed by atoms with Gasteiger partial charge in [0, 0.05) is 13.1 Å². The van der Waals surface area contributed by atoms with Crippen LogP contribution in [-0.2, 0) is 14.8 Å². The number of sulfonamides is 1. The fourth-order valence-electron chi connectivity index (χ4n) is 1.81. The van der Waals surface area contributed by atoms with Gasteiger partial charge in [-0.3, -0.25) is 0 Å². The molecule has 0 saturated carbocycles. The Morgan fingerprint density at radius 2 is 1.57 bits per heavy atom. The van der Waals surface area contributed by atoms with Crippen molar-refractivity contribution in [3.8, 4) is 0 Å². The minimum atomic E-state index is -3.50. The molecule has 118 valence electrons. The summed E-state index contributed by atoms with van der Waals surface area (Å²) in [5, 5.41) is 0. The highest BCUT2D eigenvalue weighted by atomic mass is 32.2. The van der Waals surface area contributed by atoms with Gasteiger partial charge in [0.15, 0.2) is 0 Å². The van der Waals surface area contributed by atoms with Crippen molar-refractivity contribution in [3.63, 3.8) is 0 Å². The summed E-state index contributed by atoms with van der Waals surface area (Å²) in [6.45, 7) is 9.74. The van der Waals surface area contributed by atoms with Crippen LogP contribution in [-0.4, -0.2) is 37.4 Å². The van der Waals surface area contributed by atoms with Crippen molar-refractivity contribution < 1.29 is 17.9 Å². The van der Waals surface area contributed by atoms with Gasteiger partial charge in [-0.15, -0.1) is 0 Å². The summed E-state index contributed by atoms with van der Waals surface area (Å²) in [5.74, 6) is -0.464. The number of hydrogen-bond donors (Lipinski definition) is 0. The summed E-state index contributed by atoms with van der Waals surface area (Å²) in [5.41, 5.74) is -0.244. The molecule has 6 heteroatoms. The van der Waals surface area contributed by atoms with Gasteiger partial charge in [0.25, 0.3) is 0 Å². The maximum absolute atomic E-state index is 12.3. The lowest BCUT2D eigenvalue weighted by molar-refractivity contribution is 0.00694. The van der Waals surface area contributed by atoms with E-state index in [-0.39, 0.29) is 4.90 Å². The Kier molecular flexibility index (Phi) is 5.53. The van der Waals surface area contributed by atoms with Gasteiger partial charge in [-0.1, -0.05) is 13.8 Å². The molecular weight excluding hydrogens is 290 g/mol. The fraction of sp³-hybridized carbons (Fsp3) is 0.533. The monoisotopic (exact) mass is 313 g/mol. The molecule has 5 nitrogen and oxygen atoms in total. The van der Waals surface area contributed by atoms with Crippen molar-refractivity contribution in [3.05, 3.63) is 29.8 Å². The SMILES string of the molecule is CCN(CC)S(=O)(=O)c1ccc(C(=O)OC(C)(C)C)cc1. The zero-order valence-corrected chi connectivity index (χ0v) is 14.0. The van der Waals surface area contributed by atoms with Crippen molar-refractivity contribution in [2.24, 2.45) is 0 Å². The third-order valence-electron chi connectivity index (χ3n) is 2.83. The number of esters is 1. The van der Waals surface area contributed by atoms with Gasteiger partial charge in [0.2, 0.25) is 10.0 Å². The van der Waals surface area contributed by atoms with E-state index in [0.29, 0.717) is 18.7 Å². The molecule has 0 fully saturated rings. The normalized spacial score (nSPS) is 12.5. The van der Waals surface area contributed by atoms with E-state index < -0.39 is 21.6 Å². The van der Waals surface area contributed by atoms with Gasteiger partial charge in [0.05, 0.1) is 10.5 Å². The molecular formula is C15H23NO4S. The number of benzene rings is 1. The molecule has 0 spiro atoms. The van der Waals surface area contributed by atoms with E-state index in [1.807, 2.05) is 0 Å². The van der Waals surface area contributed by atoms with Crippen LogP contribution < -0.4 is 0 Å². The van der Waals surface area contributed by atoms with Crippen LogP contribution in [0.25, 0.3) is 0 Å². The zero-order valence-electron chi connectivity index (χ0n) is 13.2. The summed E-state index contributed by atoms with van der Waals surface area (Å²) < 4.78 is 31.2. The molecule has 0 heterocycles. The molecule has 0 radical (unpaired) electrons. The molecule has 21 heavy (non-hydrogen) atoms. The molecule has 0 amide bonds. The topological polar surface area (TPSA) is 63.7 Å². The van der Waals surface area contributed by atoms with Gasteiger partial charge in [-0.05, 0) is 45.0 Å². The van der Waals surface area contributed by atoms with Crippen LogP contribution in [0.5, 0.6) is 0 Å². The molecule has 0 atom stereocenters. The third-order valence-corrected chi connectivity index (χ3v) is 4.90. The molecule has 0 aliphatic carbocycles. The second-order valence-corrected chi connectivity index (χ2v) is 7.55. The molecule has 0 N–H and O–H groups in total. The van der Waals surface area contributed by atoms with Gasteiger partial charge < -0.3 is 4.74 Å². The van der Waals surface area contributed by atoms with E-state index in [1.165, 1.54) is 28.6 Å². The first-order valence-corrected chi connectivity index (χ1v) is 8.39. The highest BCUT2D eigenvalue weighted by molar-refractivity contribution is 7.89. The lowest BCUT2D eigenvalue weighted by Gasteiger charge is -2.20. The number of nitrogens with zero attached hydrogens (tertiary/aromatic N) is 1. The largest absolute Gasteiger partial charge is 0.456 e. The number of hydrogen-bond acceptors (Lipinski definition) is 4. The van der Waals surface area contributed by atoms with Gasteiger partial charge in [0.1, 0.15) is 5.60 Å². The Morgan fingerprint density at radius 3 is 1.95 bits per heavy atom. The molecule has 0 saturated heterocycles. The van der Waals surface area contributed by atoms with Crippen LogP contribution in [0.2, 0.25) is 0 Å². The summed E-state index contributed by atoms with van der Waals surface area (Å²) in [7, 11) is -3.50. The first-order chi connectivity index (χ1) is 9.61. The first-order valence-electron chi connectivity index (χ1n) is 6.95. The van der Waals surface area contributed by atoms with Crippen LogP contribution in [0.1, 0.15) is 45.0 Å². The van der Waals surface area contributed by atoms with Crippen molar-refractivity contribution in [1.29, 1.82) is 0 Å². The summed E-state index contributed by atoms with van der Waals surface area (Å²) in [6, 6.07) is 5.83. The van der Waals surface area contributed by atoms with Crippen LogP contribution in [0.15, 0.2) is 29.2 Å². The van der Waals surface area contributed by atoms with Gasteiger partial charge >= 0.3 is 5.97 Å². The van der Waals surface area contributed by atoms with Crippen molar-refractivity contribution >= 4 is 16.0 Å². The third kappa shape index (κ3) is 4.54. The molecule has 1 rings (SSSR count). The number of rotatable bonds is 5. The highest BCUT2D eigenvalue weighted by Crippen LogP contribution is 2.18. The number of carbonyl (C=O) groups excluding carboxylic acids is 1. The van der Waals surface area contributed by atoms with E-state index in [1.54, 1.807) is 34.6 Å². The van der Waals surface area contributed by atoms with Gasteiger partial charge in [-0.25, -0.2) is 13.2 Å². The van der Waals surface area contributed by atoms with Crippen molar-refractivity contribution in [2.75, 3.05) is 13.1 Å². The Hall–Kier alpha value is -1.40. The molecule has 0 aromatic heterocycles. The Morgan fingerprint density at radius 1 is 1.10 bits per heavy atom. The average molecular weight is 313 g/mol. The highest BCUT2D eigenvalue weighted by Gasteiger charge is 2.22. The molecule has 0 bridgehead atoms. The van der Waals surface area contributed by atoms with E-state index >= 15 is 0 Å². The second kappa shape index (κ2) is 6.58. The summed E-state index contributed by atoms with van der Waals surface area (Å²) >= 11 is 0. The van der Waals surface area contributed by atoms with Crippen LogP contribution in [0.4, 0.5) is 0 Å². The molecule has 0 aliphatic rings. The lowest BCUT2D eigenvalue weighted by atomic mass is 10.2. The van der Waals surface area contributed by atoms with Crippen LogP contribution in [0, 0.1) is 0 Å². The van der Waals surface area contributed by atoms with Crippen LogP contribution in [0.3, 0.4) is 0 Å².